The fraction of sp³-hybridized carbons (Fsp3) is 0.500. The number of aliphatic hydroxyl groups is 1. The van der Waals surface area contributed by atoms with Crippen LogP contribution in [0.2, 0.25) is 0 Å². The van der Waals surface area contributed by atoms with E-state index in [4.69, 9.17) is 0 Å². The maximum absolute atomic E-state index is 12.3. The molecule has 1 aromatic carbocycles. The Morgan fingerprint density at radius 2 is 2.06 bits per heavy atom. The van der Waals surface area contributed by atoms with Crippen LogP contribution in [0.25, 0.3) is 0 Å². The van der Waals surface area contributed by atoms with Crippen LogP contribution >= 0.6 is 0 Å². The predicted octanol–water partition coefficient (Wildman–Crippen LogP) is 0.784. The highest BCUT2D eigenvalue weighted by molar-refractivity contribution is 7.89. The summed E-state index contributed by atoms with van der Waals surface area (Å²) in [5.41, 5.74) is 0. The highest BCUT2D eigenvalue weighted by Gasteiger charge is 2.35. The van der Waals surface area contributed by atoms with Crippen molar-refractivity contribution in [3.63, 3.8) is 0 Å². The average molecular weight is 271 g/mol. The second-order valence-corrected chi connectivity index (χ2v) is 6.53. The van der Waals surface area contributed by atoms with Crippen LogP contribution in [0.15, 0.2) is 29.2 Å². The monoisotopic (exact) mass is 271 g/mol. The van der Waals surface area contributed by atoms with Crippen LogP contribution < -0.4 is 0 Å². The van der Waals surface area contributed by atoms with Crippen molar-refractivity contribution in [1.29, 1.82) is 0 Å². The minimum atomic E-state index is -3.66. The minimum Gasteiger partial charge on any atom is -0.507 e. The third kappa shape index (κ3) is 2.36. The summed E-state index contributed by atoms with van der Waals surface area (Å²) < 4.78 is 25.9. The number of aromatic hydroxyl groups is 1. The van der Waals surface area contributed by atoms with Gasteiger partial charge in [0.2, 0.25) is 10.0 Å². The van der Waals surface area contributed by atoms with Gasteiger partial charge in [0.1, 0.15) is 10.6 Å². The van der Waals surface area contributed by atoms with Gasteiger partial charge in [-0.2, -0.15) is 4.31 Å². The molecule has 2 atom stereocenters. The number of phenols is 1. The van der Waals surface area contributed by atoms with Crippen molar-refractivity contribution in [3.05, 3.63) is 24.3 Å². The van der Waals surface area contributed by atoms with E-state index in [9.17, 15) is 18.6 Å². The van der Waals surface area contributed by atoms with Crippen molar-refractivity contribution in [2.24, 2.45) is 5.92 Å². The van der Waals surface area contributed by atoms with Gasteiger partial charge in [-0.1, -0.05) is 12.1 Å². The fourth-order valence-corrected chi connectivity index (χ4v) is 3.77. The van der Waals surface area contributed by atoms with E-state index >= 15 is 0 Å². The molecule has 0 radical (unpaired) electrons. The molecule has 5 nitrogen and oxygen atoms in total. The first-order valence-electron chi connectivity index (χ1n) is 5.89. The summed E-state index contributed by atoms with van der Waals surface area (Å²) >= 11 is 0. The second kappa shape index (κ2) is 4.87. The third-order valence-corrected chi connectivity index (χ3v) is 5.27. The standard InChI is InChI=1S/C12H17NO4S/c1-9(14)10-6-7-13(8-10)18(16,17)12-5-3-2-4-11(12)15/h2-5,9-10,14-15H,6-8H2,1H3. The first-order chi connectivity index (χ1) is 8.43. The lowest BCUT2D eigenvalue weighted by Gasteiger charge is -2.18. The van der Waals surface area contributed by atoms with E-state index in [0.717, 1.165) is 0 Å². The summed E-state index contributed by atoms with van der Waals surface area (Å²) in [5, 5.41) is 19.1. The Bertz CT molecular complexity index is 527. The quantitative estimate of drug-likeness (QED) is 0.851. The Morgan fingerprint density at radius 3 is 2.61 bits per heavy atom. The zero-order chi connectivity index (χ0) is 13.3. The Hall–Kier alpha value is -1.11. The Kier molecular flexibility index (Phi) is 3.61. The van der Waals surface area contributed by atoms with Gasteiger partial charge >= 0.3 is 0 Å². The molecule has 0 saturated carbocycles. The summed E-state index contributed by atoms with van der Waals surface area (Å²) in [6, 6.07) is 5.90. The van der Waals surface area contributed by atoms with Crippen molar-refractivity contribution < 1.29 is 18.6 Å². The molecule has 0 aliphatic carbocycles. The van der Waals surface area contributed by atoms with Crippen molar-refractivity contribution in [2.45, 2.75) is 24.3 Å². The SMILES string of the molecule is CC(O)C1CCN(S(=O)(=O)c2ccccc2O)C1. The van der Waals surface area contributed by atoms with E-state index in [1.54, 1.807) is 19.1 Å². The average Bonchev–Trinajstić information content (AvgIpc) is 2.79. The number of sulfonamides is 1. The number of rotatable bonds is 3. The third-order valence-electron chi connectivity index (χ3n) is 3.35. The maximum atomic E-state index is 12.3. The molecule has 2 unspecified atom stereocenters. The molecule has 0 aromatic heterocycles. The molecule has 1 aromatic rings. The highest BCUT2D eigenvalue weighted by atomic mass is 32.2. The summed E-state index contributed by atoms with van der Waals surface area (Å²) in [5.74, 6) is -0.274. The fourth-order valence-electron chi connectivity index (χ4n) is 2.18. The zero-order valence-electron chi connectivity index (χ0n) is 10.2. The van der Waals surface area contributed by atoms with Crippen LogP contribution in [0.1, 0.15) is 13.3 Å². The number of para-hydroxylation sites is 1. The molecule has 1 fully saturated rings. The molecule has 0 bridgehead atoms. The van der Waals surface area contributed by atoms with Gasteiger partial charge in [-0.25, -0.2) is 8.42 Å². The molecule has 1 saturated heterocycles. The number of phenolic OH excluding ortho intramolecular Hbond substituents is 1. The van der Waals surface area contributed by atoms with E-state index in [1.807, 2.05) is 0 Å². The molecular weight excluding hydrogens is 254 g/mol. The first-order valence-corrected chi connectivity index (χ1v) is 7.33. The molecule has 100 valence electrons. The van der Waals surface area contributed by atoms with Crippen LogP contribution in [-0.4, -0.2) is 42.1 Å². The minimum absolute atomic E-state index is 0.0365. The lowest BCUT2D eigenvalue weighted by molar-refractivity contribution is 0.133. The lowest BCUT2D eigenvalue weighted by atomic mass is 10.0. The lowest BCUT2D eigenvalue weighted by Crippen LogP contribution is -2.30. The topological polar surface area (TPSA) is 77.8 Å². The number of hydrogen-bond acceptors (Lipinski definition) is 4. The Balaban J connectivity index is 2.26. The second-order valence-electron chi connectivity index (χ2n) is 4.62. The van der Waals surface area contributed by atoms with Gasteiger partial charge < -0.3 is 10.2 Å². The van der Waals surface area contributed by atoms with Gasteiger partial charge in [0.15, 0.2) is 0 Å². The smallest absolute Gasteiger partial charge is 0.246 e. The van der Waals surface area contributed by atoms with Gasteiger partial charge in [-0.15, -0.1) is 0 Å². The van der Waals surface area contributed by atoms with Crippen LogP contribution in [0, 0.1) is 5.92 Å². The van der Waals surface area contributed by atoms with Gasteiger partial charge in [-0.05, 0) is 31.4 Å². The van der Waals surface area contributed by atoms with E-state index in [0.29, 0.717) is 19.5 Å². The first kappa shape index (κ1) is 13.3. The molecule has 1 aliphatic rings. The highest BCUT2D eigenvalue weighted by Crippen LogP contribution is 2.30. The molecule has 0 amide bonds. The summed E-state index contributed by atoms with van der Waals surface area (Å²) in [4.78, 5) is -0.0729. The van der Waals surface area contributed by atoms with Crippen LogP contribution in [0.4, 0.5) is 0 Å². The van der Waals surface area contributed by atoms with E-state index in [1.165, 1.54) is 16.4 Å². The van der Waals surface area contributed by atoms with Gasteiger partial charge in [-0.3, -0.25) is 0 Å². The van der Waals surface area contributed by atoms with Crippen LogP contribution in [0.5, 0.6) is 5.75 Å². The molecule has 2 rings (SSSR count). The van der Waals surface area contributed by atoms with Crippen molar-refractivity contribution in [1.82, 2.24) is 4.31 Å². The molecule has 2 N–H and O–H groups in total. The van der Waals surface area contributed by atoms with Crippen LogP contribution in [-0.2, 0) is 10.0 Å². The van der Waals surface area contributed by atoms with Gasteiger partial charge in [0.25, 0.3) is 0 Å². The number of hydrogen-bond donors (Lipinski definition) is 2. The predicted molar refractivity (Wildman–Crippen MR) is 66.7 cm³/mol. The largest absolute Gasteiger partial charge is 0.507 e. The summed E-state index contributed by atoms with van der Waals surface area (Å²) in [6.45, 7) is 2.35. The zero-order valence-corrected chi connectivity index (χ0v) is 11.0. The molecule has 1 aliphatic heterocycles. The van der Waals surface area contributed by atoms with E-state index < -0.39 is 16.1 Å². The summed E-state index contributed by atoms with van der Waals surface area (Å²) in [7, 11) is -3.66. The maximum Gasteiger partial charge on any atom is 0.246 e. The van der Waals surface area contributed by atoms with Crippen molar-refractivity contribution in [3.8, 4) is 5.75 Å². The number of nitrogens with zero attached hydrogens (tertiary/aromatic N) is 1. The van der Waals surface area contributed by atoms with Crippen molar-refractivity contribution >= 4 is 10.0 Å². The normalized spacial score (nSPS) is 23.1. The van der Waals surface area contributed by atoms with Gasteiger partial charge in [0, 0.05) is 13.1 Å². The summed E-state index contributed by atoms with van der Waals surface area (Å²) in [6.07, 6.45) is 0.124. The van der Waals surface area contributed by atoms with E-state index in [2.05, 4.69) is 0 Å². The molecule has 6 heteroatoms. The number of aliphatic hydroxyl groups excluding tert-OH is 1. The number of benzene rings is 1. The Morgan fingerprint density at radius 1 is 1.39 bits per heavy atom. The molecule has 0 spiro atoms. The van der Waals surface area contributed by atoms with Crippen LogP contribution in [0.3, 0.4) is 0 Å². The Labute approximate surface area is 107 Å². The molecule has 18 heavy (non-hydrogen) atoms. The van der Waals surface area contributed by atoms with Gasteiger partial charge in [0.05, 0.1) is 6.10 Å². The molecule has 1 heterocycles. The van der Waals surface area contributed by atoms with E-state index in [-0.39, 0.29) is 16.6 Å². The van der Waals surface area contributed by atoms with Crippen molar-refractivity contribution in [2.75, 3.05) is 13.1 Å². The molecular formula is C12H17NO4S.